The molecule has 0 radical (unpaired) electrons. The van der Waals surface area contributed by atoms with Crippen LogP contribution in [0, 0.1) is 13.8 Å². The van der Waals surface area contributed by atoms with E-state index in [0.717, 1.165) is 11.1 Å². The van der Waals surface area contributed by atoms with Gasteiger partial charge in [0.2, 0.25) is 5.75 Å². The molecule has 2 rings (SSSR count). The molecule has 1 unspecified atom stereocenters. The van der Waals surface area contributed by atoms with E-state index >= 15 is 0 Å². The van der Waals surface area contributed by atoms with Crippen LogP contribution in [0.25, 0.3) is 0 Å². The van der Waals surface area contributed by atoms with E-state index in [2.05, 4.69) is 0 Å². The van der Waals surface area contributed by atoms with Crippen molar-refractivity contribution in [1.82, 2.24) is 0 Å². The molecule has 0 aromatic heterocycles. The van der Waals surface area contributed by atoms with Crippen LogP contribution in [0.5, 0.6) is 23.0 Å². The average molecular weight is 348 g/mol. The Morgan fingerprint density at radius 3 is 2.14 bits per heavy atom. The fourth-order valence-electron chi connectivity index (χ4n) is 1.65. The third kappa shape index (κ3) is 5.23. The summed E-state index contributed by atoms with van der Waals surface area (Å²) in [6.07, 6.45) is 0. The summed E-state index contributed by atoms with van der Waals surface area (Å²) in [4.78, 5) is 10.1. The second-order valence-corrected chi connectivity index (χ2v) is 7.26. The van der Waals surface area contributed by atoms with Gasteiger partial charge in [-0.25, -0.2) is 0 Å². The van der Waals surface area contributed by atoms with Gasteiger partial charge in [-0.05, 0) is 43.2 Å². The van der Waals surface area contributed by atoms with Crippen LogP contribution in [0.4, 0.5) is 0 Å². The van der Waals surface area contributed by atoms with Crippen molar-refractivity contribution in [2.24, 2.45) is 0 Å². The Labute approximate surface area is 156 Å². The maximum Gasteiger partial charge on any atom is 1.00 e. The summed E-state index contributed by atoms with van der Waals surface area (Å²) < 4.78 is 10.3. The standard InChI is InChI=1S/C14H15O5PS.Na/c1-9-3-5-11(15)13(7-9)18-20(17,21)19-14-8-10(2)4-6-12(14)16;/h3-8,15-16H,1-2H3,(H,17,21);/q;+1/p-1. The first kappa shape index (κ1) is 19.4. The summed E-state index contributed by atoms with van der Waals surface area (Å²) in [6, 6.07) is 9.04. The number of hydrogen-bond donors (Lipinski definition) is 2. The zero-order valence-electron chi connectivity index (χ0n) is 12.4. The molecule has 1 atom stereocenters. The van der Waals surface area contributed by atoms with E-state index in [9.17, 15) is 15.1 Å². The fraction of sp³-hybridized carbons (Fsp3) is 0.143. The molecule has 0 fully saturated rings. The number of hydrogen-bond acceptors (Lipinski definition) is 6. The van der Waals surface area contributed by atoms with Crippen LogP contribution in [0.2, 0.25) is 0 Å². The summed E-state index contributed by atoms with van der Waals surface area (Å²) in [6.45, 7) is 3.57. The Morgan fingerprint density at radius 1 is 1.00 bits per heavy atom. The summed E-state index contributed by atoms with van der Waals surface area (Å²) in [7, 11) is -3.76. The Kier molecular flexibility index (Phi) is 6.86. The van der Waals surface area contributed by atoms with E-state index in [1.165, 1.54) is 24.3 Å². The first-order valence-electron chi connectivity index (χ1n) is 6.06. The van der Waals surface area contributed by atoms with Gasteiger partial charge < -0.3 is 27.0 Å². The van der Waals surface area contributed by atoms with E-state index < -0.39 is 12.9 Å². The minimum Gasteiger partial charge on any atom is -0.870 e. The van der Waals surface area contributed by atoms with Crippen molar-refractivity contribution in [1.29, 1.82) is 0 Å². The Hall–Kier alpha value is -0.620. The number of benzene rings is 2. The van der Waals surface area contributed by atoms with Crippen LogP contribution in [0.15, 0.2) is 36.4 Å². The van der Waals surface area contributed by atoms with Crippen molar-refractivity contribution in [2.45, 2.75) is 13.8 Å². The van der Waals surface area contributed by atoms with E-state index in [4.69, 9.17) is 21.3 Å². The van der Waals surface area contributed by atoms with Crippen molar-refractivity contribution in [2.75, 3.05) is 0 Å². The van der Waals surface area contributed by atoms with Crippen LogP contribution in [0.1, 0.15) is 11.1 Å². The van der Waals surface area contributed by atoms with Crippen molar-refractivity contribution in [3.05, 3.63) is 47.5 Å². The van der Waals surface area contributed by atoms with Gasteiger partial charge in [-0.1, -0.05) is 23.9 Å². The molecule has 0 aliphatic carbocycles. The molecular formula is C14H14NaO5PS. The van der Waals surface area contributed by atoms with Crippen LogP contribution in [-0.4, -0.2) is 10.00 Å². The second-order valence-electron chi connectivity index (χ2n) is 4.57. The van der Waals surface area contributed by atoms with Gasteiger partial charge in [-0.2, -0.15) is 4.89 Å². The normalized spacial score (nSPS) is 12.9. The van der Waals surface area contributed by atoms with Gasteiger partial charge in [-0.15, -0.1) is 0 Å². The third-order valence-corrected chi connectivity index (χ3v) is 3.94. The predicted molar refractivity (Wildman–Crippen MR) is 81.2 cm³/mol. The predicted octanol–water partition coefficient (Wildman–Crippen LogP) is -0.239. The third-order valence-electron chi connectivity index (χ3n) is 2.64. The Bertz CT molecular complexity index is 610. The van der Waals surface area contributed by atoms with Crippen LogP contribution >= 0.6 is 7.15 Å². The number of phenolic OH excluding ortho intramolecular Hbond substituents is 1. The zero-order valence-corrected chi connectivity index (χ0v) is 16.1. The van der Waals surface area contributed by atoms with Gasteiger partial charge in [0.15, 0.2) is 11.5 Å². The zero-order chi connectivity index (χ0) is 15.6. The Balaban J connectivity index is 0.00000242. The van der Waals surface area contributed by atoms with Crippen molar-refractivity contribution in [3.8, 4) is 23.0 Å². The first-order valence-corrected chi connectivity index (χ1v) is 8.65. The smallest absolute Gasteiger partial charge is 0.870 e. The van der Waals surface area contributed by atoms with Gasteiger partial charge in [-0.3, -0.25) is 4.52 Å². The molecule has 22 heavy (non-hydrogen) atoms. The summed E-state index contributed by atoms with van der Waals surface area (Å²) in [5.41, 5.74) is 1.61. The molecule has 112 valence electrons. The van der Waals surface area contributed by atoms with E-state index in [-0.39, 0.29) is 46.8 Å². The molecule has 0 aliphatic rings. The monoisotopic (exact) mass is 348 g/mol. The largest absolute Gasteiger partial charge is 1.00 e. The number of phenols is 1. The molecule has 5 nitrogen and oxygen atoms in total. The summed E-state index contributed by atoms with van der Waals surface area (Å²) in [5.74, 6) is -0.631. The molecule has 0 amide bonds. The van der Waals surface area contributed by atoms with E-state index in [0.29, 0.717) is 0 Å². The van der Waals surface area contributed by atoms with Gasteiger partial charge in [0.1, 0.15) is 0 Å². The summed E-state index contributed by atoms with van der Waals surface area (Å²) >= 11 is 4.89. The number of rotatable bonds is 4. The molecule has 2 aromatic rings. The van der Waals surface area contributed by atoms with Gasteiger partial charge >= 0.3 is 36.7 Å². The quantitative estimate of drug-likeness (QED) is 0.451. The molecule has 0 heterocycles. The molecule has 8 heteroatoms. The molecule has 0 aliphatic heterocycles. The number of aryl methyl sites for hydroxylation is 2. The number of aromatic hydroxyl groups is 1. The van der Waals surface area contributed by atoms with Gasteiger partial charge in [0.05, 0.1) is 0 Å². The molecular weight excluding hydrogens is 334 g/mol. The van der Waals surface area contributed by atoms with Gasteiger partial charge in [0.25, 0.3) is 0 Å². The molecule has 0 saturated carbocycles. The van der Waals surface area contributed by atoms with Crippen molar-refractivity contribution < 1.29 is 53.7 Å². The minimum atomic E-state index is -3.76. The van der Waals surface area contributed by atoms with E-state index in [1.54, 1.807) is 26.0 Å². The minimum absolute atomic E-state index is 0. The van der Waals surface area contributed by atoms with Gasteiger partial charge in [0, 0.05) is 0 Å². The molecule has 0 spiro atoms. The van der Waals surface area contributed by atoms with Crippen molar-refractivity contribution in [3.63, 3.8) is 0 Å². The second kappa shape index (κ2) is 7.77. The molecule has 2 N–H and O–H groups in total. The van der Waals surface area contributed by atoms with Crippen LogP contribution in [0.3, 0.4) is 0 Å². The topological polar surface area (TPSA) is 82.0 Å². The van der Waals surface area contributed by atoms with Crippen LogP contribution < -0.4 is 43.7 Å². The van der Waals surface area contributed by atoms with Crippen LogP contribution in [-0.2, 0) is 12.2 Å². The maximum absolute atomic E-state index is 11.7. The van der Waals surface area contributed by atoms with E-state index in [1.807, 2.05) is 0 Å². The van der Waals surface area contributed by atoms with Crippen molar-refractivity contribution >= 4 is 19.4 Å². The summed E-state index contributed by atoms with van der Waals surface area (Å²) in [5, 5.41) is 21.3. The Morgan fingerprint density at radius 2 is 1.50 bits per heavy atom. The SMILES string of the molecule is Cc1ccc([O-])c(O[P+](O)([S-])Oc2cc(C)ccc2O)c1.[Na+]. The molecule has 0 bridgehead atoms. The molecule has 2 aromatic carbocycles. The molecule has 0 saturated heterocycles. The fourth-order valence-corrected chi connectivity index (χ4v) is 2.95. The maximum atomic E-state index is 11.7. The average Bonchev–Trinajstić information content (AvgIpc) is 2.37. The first-order chi connectivity index (χ1) is 9.77.